The Balaban J connectivity index is 3.28. The molecule has 0 heterocycles. The molecule has 0 aliphatic carbocycles. The fourth-order valence-corrected chi connectivity index (χ4v) is 0.842. The van der Waals surface area contributed by atoms with Gasteiger partial charge < -0.3 is 10.2 Å². The van der Waals surface area contributed by atoms with Crippen LogP contribution in [0.15, 0.2) is 0 Å². The van der Waals surface area contributed by atoms with E-state index in [9.17, 15) is 0 Å². The minimum atomic E-state index is -1.02. The summed E-state index contributed by atoms with van der Waals surface area (Å²) in [5.74, 6) is 0. The number of halogens is 2. The average Bonchev–Trinajstić information content (AvgIpc) is 1.89. The summed E-state index contributed by atoms with van der Waals surface area (Å²) in [6.45, 7) is -0.0865. The SMILES string of the molecule is OCCCCC(Cl)(Cl)CO. The summed E-state index contributed by atoms with van der Waals surface area (Å²) in [5, 5.41) is 17.0. The first-order valence-corrected chi connectivity index (χ1v) is 3.97. The zero-order valence-electron chi connectivity index (χ0n) is 5.69. The van der Waals surface area contributed by atoms with Crippen molar-refractivity contribution < 1.29 is 10.2 Å². The highest BCUT2D eigenvalue weighted by Crippen LogP contribution is 2.26. The molecular formula is C6H12Cl2O2. The van der Waals surface area contributed by atoms with Crippen molar-refractivity contribution in [2.75, 3.05) is 13.2 Å². The zero-order valence-corrected chi connectivity index (χ0v) is 7.20. The van der Waals surface area contributed by atoms with Crippen molar-refractivity contribution in [3.8, 4) is 0 Å². The molecule has 0 aliphatic rings. The van der Waals surface area contributed by atoms with Crippen molar-refractivity contribution in [3.63, 3.8) is 0 Å². The van der Waals surface area contributed by atoms with Crippen LogP contribution in [0.25, 0.3) is 0 Å². The molecule has 0 unspecified atom stereocenters. The highest BCUT2D eigenvalue weighted by atomic mass is 35.5. The fourth-order valence-electron chi connectivity index (χ4n) is 0.574. The van der Waals surface area contributed by atoms with Gasteiger partial charge >= 0.3 is 0 Å². The summed E-state index contributed by atoms with van der Waals surface area (Å²) >= 11 is 11.2. The van der Waals surface area contributed by atoms with E-state index in [4.69, 9.17) is 33.4 Å². The third-order valence-corrected chi connectivity index (χ3v) is 1.80. The summed E-state index contributed by atoms with van der Waals surface area (Å²) in [6, 6.07) is 0. The van der Waals surface area contributed by atoms with Crippen LogP contribution in [0.2, 0.25) is 0 Å². The molecule has 62 valence electrons. The number of alkyl halides is 2. The van der Waals surface area contributed by atoms with Crippen LogP contribution in [0.4, 0.5) is 0 Å². The molecule has 10 heavy (non-hydrogen) atoms. The fraction of sp³-hybridized carbons (Fsp3) is 1.00. The van der Waals surface area contributed by atoms with Crippen molar-refractivity contribution >= 4 is 23.2 Å². The van der Waals surface area contributed by atoms with Gasteiger partial charge in [0.1, 0.15) is 4.33 Å². The van der Waals surface area contributed by atoms with Gasteiger partial charge in [0.2, 0.25) is 0 Å². The Morgan fingerprint density at radius 1 is 1.10 bits per heavy atom. The van der Waals surface area contributed by atoms with Crippen LogP contribution in [0.3, 0.4) is 0 Å². The topological polar surface area (TPSA) is 40.5 Å². The summed E-state index contributed by atoms with van der Waals surface area (Å²) in [4.78, 5) is 0. The van der Waals surface area contributed by atoms with Crippen LogP contribution >= 0.6 is 23.2 Å². The molecule has 0 bridgehead atoms. The van der Waals surface area contributed by atoms with Crippen molar-refractivity contribution in [1.82, 2.24) is 0 Å². The second-order valence-corrected chi connectivity index (χ2v) is 3.84. The Labute approximate surface area is 70.8 Å². The van der Waals surface area contributed by atoms with Crippen LogP contribution in [-0.2, 0) is 0 Å². The highest BCUT2D eigenvalue weighted by molar-refractivity contribution is 6.48. The number of aliphatic hydroxyl groups excluding tert-OH is 2. The maximum absolute atomic E-state index is 8.57. The van der Waals surface area contributed by atoms with Crippen molar-refractivity contribution in [1.29, 1.82) is 0 Å². The molecule has 0 spiro atoms. The zero-order chi connectivity index (χ0) is 8.04. The lowest BCUT2D eigenvalue weighted by molar-refractivity contribution is 0.258. The molecule has 0 aromatic rings. The minimum Gasteiger partial charge on any atom is -0.396 e. The number of hydrogen-bond acceptors (Lipinski definition) is 2. The van der Waals surface area contributed by atoms with E-state index in [1.807, 2.05) is 0 Å². The smallest absolute Gasteiger partial charge is 0.141 e. The predicted molar refractivity (Wildman–Crippen MR) is 42.5 cm³/mol. The predicted octanol–water partition coefficient (Wildman–Crippen LogP) is 1.32. The number of unbranched alkanes of at least 4 members (excludes halogenated alkanes) is 1. The first-order valence-electron chi connectivity index (χ1n) is 3.22. The Hall–Kier alpha value is 0.500. The molecule has 0 radical (unpaired) electrons. The summed E-state index contributed by atoms with van der Waals surface area (Å²) in [5.41, 5.74) is 0. The second kappa shape index (κ2) is 5.19. The van der Waals surface area contributed by atoms with Crippen LogP contribution in [0.1, 0.15) is 19.3 Å². The third kappa shape index (κ3) is 5.30. The second-order valence-electron chi connectivity index (χ2n) is 2.19. The van der Waals surface area contributed by atoms with Crippen molar-refractivity contribution in [2.24, 2.45) is 0 Å². The number of aliphatic hydroxyl groups is 2. The largest absolute Gasteiger partial charge is 0.396 e. The Morgan fingerprint density at radius 3 is 2.10 bits per heavy atom. The van der Waals surface area contributed by atoms with E-state index in [2.05, 4.69) is 0 Å². The van der Waals surface area contributed by atoms with E-state index in [0.717, 1.165) is 6.42 Å². The monoisotopic (exact) mass is 186 g/mol. The molecule has 2 nitrogen and oxygen atoms in total. The minimum absolute atomic E-state index is 0.148. The molecule has 0 aromatic carbocycles. The van der Waals surface area contributed by atoms with Gasteiger partial charge in [0.25, 0.3) is 0 Å². The van der Waals surface area contributed by atoms with Crippen LogP contribution in [-0.4, -0.2) is 27.8 Å². The third-order valence-electron chi connectivity index (χ3n) is 1.18. The Kier molecular flexibility index (Phi) is 5.45. The van der Waals surface area contributed by atoms with Gasteiger partial charge in [-0.25, -0.2) is 0 Å². The molecule has 0 rings (SSSR count). The van der Waals surface area contributed by atoms with Crippen molar-refractivity contribution in [3.05, 3.63) is 0 Å². The molecule has 0 aliphatic heterocycles. The van der Waals surface area contributed by atoms with Crippen LogP contribution < -0.4 is 0 Å². The highest BCUT2D eigenvalue weighted by Gasteiger charge is 2.21. The van der Waals surface area contributed by atoms with Crippen LogP contribution in [0, 0.1) is 0 Å². The quantitative estimate of drug-likeness (QED) is 0.503. The van der Waals surface area contributed by atoms with Gasteiger partial charge in [-0.3, -0.25) is 0 Å². The standard InChI is InChI=1S/C6H12Cl2O2/c7-6(8,5-10)3-1-2-4-9/h9-10H,1-5H2. The normalized spacial score (nSPS) is 12.0. The van der Waals surface area contributed by atoms with E-state index < -0.39 is 4.33 Å². The Morgan fingerprint density at radius 2 is 1.70 bits per heavy atom. The molecule has 0 saturated carbocycles. The lowest BCUT2D eigenvalue weighted by Gasteiger charge is -2.14. The maximum Gasteiger partial charge on any atom is 0.141 e. The molecule has 0 amide bonds. The van der Waals surface area contributed by atoms with E-state index in [-0.39, 0.29) is 13.2 Å². The molecule has 0 saturated heterocycles. The molecule has 4 heteroatoms. The first-order chi connectivity index (χ1) is 4.62. The van der Waals surface area contributed by atoms with E-state index >= 15 is 0 Å². The molecule has 2 N–H and O–H groups in total. The van der Waals surface area contributed by atoms with Gasteiger partial charge in [0.05, 0.1) is 6.61 Å². The summed E-state index contributed by atoms with van der Waals surface area (Å²) in [6.07, 6.45) is 1.94. The van der Waals surface area contributed by atoms with Gasteiger partial charge in [-0.15, -0.1) is 0 Å². The summed E-state index contributed by atoms with van der Waals surface area (Å²) in [7, 11) is 0. The van der Waals surface area contributed by atoms with Gasteiger partial charge in [-0.2, -0.15) is 0 Å². The number of hydrogen-bond donors (Lipinski definition) is 2. The van der Waals surface area contributed by atoms with E-state index in [1.54, 1.807) is 0 Å². The average molecular weight is 187 g/mol. The maximum atomic E-state index is 8.57. The van der Waals surface area contributed by atoms with Gasteiger partial charge in [-0.05, 0) is 19.3 Å². The lowest BCUT2D eigenvalue weighted by atomic mass is 10.2. The van der Waals surface area contributed by atoms with E-state index in [0.29, 0.717) is 12.8 Å². The van der Waals surface area contributed by atoms with Gasteiger partial charge in [-0.1, -0.05) is 23.2 Å². The van der Waals surface area contributed by atoms with Crippen molar-refractivity contribution in [2.45, 2.75) is 23.6 Å². The number of rotatable bonds is 5. The van der Waals surface area contributed by atoms with Gasteiger partial charge in [0.15, 0.2) is 0 Å². The lowest BCUT2D eigenvalue weighted by Crippen LogP contribution is -2.17. The van der Waals surface area contributed by atoms with Gasteiger partial charge in [0, 0.05) is 6.61 Å². The molecule has 0 fully saturated rings. The molecule has 0 atom stereocenters. The Bertz CT molecular complexity index is 85.8. The first kappa shape index (κ1) is 10.5. The van der Waals surface area contributed by atoms with Crippen LogP contribution in [0.5, 0.6) is 0 Å². The summed E-state index contributed by atoms with van der Waals surface area (Å²) < 4.78 is -1.02. The molecule has 0 aromatic heterocycles. The van der Waals surface area contributed by atoms with E-state index in [1.165, 1.54) is 0 Å². The molecular weight excluding hydrogens is 175 g/mol.